The molecule has 178 valence electrons. The number of carbonyl (C=O) groups excluding carboxylic acids is 1. The smallest absolute Gasteiger partial charge is 0.282 e. The standard InChI is InChI=1S/C25H19BrI2N4O3/c1-14-5-3-4-6-21(14)31-23(33)13-35-24-19(27)9-16(10-20(24)28)12-29-32-15(2)30-22-8-7-17(26)11-18(22)25(32)34/h3-12H,13H2,1-2H3,(H,31,33). The van der Waals surface area contributed by atoms with Crippen LogP contribution in [-0.2, 0) is 4.79 Å². The van der Waals surface area contributed by atoms with Crippen molar-refractivity contribution >= 4 is 89.8 Å². The number of hydrogen-bond acceptors (Lipinski definition) is 5. The van der Waals surface area contributed by atoms with Gasteiger partial charge in [-0.2, -0.15) is 9.78 Å². The molecule has 1 heterocycles. The third-order valence-electron chi connectivity index (χ3n) is 5.08. The van der Waals surface area contributed by atoms with Crippen molar-refractivity contribution in [1.29, 1.82) is 0 Å². The van der Waals surface area contributed by atoms with Gasteiger partial charge in [0.1, 0.15) is 11.6 Å². The van der Waals surface area contributed by atoms with Gasteiger partial charge in [0.15, 0.2) is 6.61 Å². The van der Waals surface area contributed by atoms with Crippen molar-refractivity contribution in [1.82, 2.24) is 9.66 Å². The summed E-state index contributed by atoms with van der Waals surface area (Å²) in [5.74, 6) is 0.876. The van der Waals surface area contributed by atoms with E-state index in [0.717, 1.165) is 28.4 Å². The fourth-order valence-electron chi connectivity index (χ4n) is 3.35. The molecule has 3 aromatic carbocycles. The quantitative estimate of drug-likeness (QED) is 0.197. The van der Waals surface area contributed by atoms with Crippen LogP contribution in [0, 0.1) is 21.0 Å². The van der Waals surface area contributed by atoms with E-state index in [4.69, 9.17) is 4.74 Å². The van der Waals surface area contributed by atoms with Crippen LogP contribution >= 0.6 is 61.1 Å². The summed E-state index contributed by atoms with van der Waals surface area (Å²) >= 11 is 7.72. The Morgan fingerprint density at radius 2 is 1.86 bits per heavy atom. The Labute approximate surface area is 237 Å². The summed E-state index contributed by atoms with van der Waals surface area (Å²) in [7, 11) is 0. The first-order chi connectivity index (χ1) is 16.7. The lowest BCUT2D eigenvalue weighted by Gasteiger charge is -2.12. The maximum Gasteiger partial charge on any atom is 0.282 e. The molecule has 0 atom stereocenters. The van der Waals surface area contributed by atoms with Crippen LogP contribution in [0.3, 0.4) is 0 Å². The van der Waals surface area contributed by atoms with E-state index in [1.807, 2.05) is 49.4 Å². The van der Waals surface area contributed by atoms with Gasteiger partial charge < -0.3 is 10.1 Å². The largest absolute Gasteiger partial charge is 0.482 e. The first kappa shape index (κ1) is 25.8. The van der Waals surface area contributed by atoms with Crippen molar-refractivity contribution < 1.29 is 9.53 Å². The number of aromatic nitrogens is 2. The van der Waals surface area contributed by atoms with Gasteiger partial charge in [0.25, 0.3) is 11.5 Å². The molecule has 4 aromatic rings. The summed E-state index contributed by atoms with van der Waals surface area (Å²) in [4.78, 5) is 29.8. The van der Waals surface area contributed by atoms with Crippen molar-refractivity contribution in [2.45, 2.75) is 13.8 Å². The van der Waals surface area contributed by atoms with E-state index in [2.05, 4.69) is 76.5 Å². The number of halogens is 3. The SMILES string of the molecule is Cc1ccccc1NC(=O)COc1c(I)cc(C=Nn2c(C)nc3ccc(Br)cc3c2=O)cc1I. The predicted molar refractivity (Wildman–Crippen MR) is 159 cm³/mol. The zero-order chi connectivity index (χ0) is 25.1. The lowest BCUT2D eigenvalue weighted by molar-refractivity contribution is -0.118. The number of aryl methyl sites for hydroxylation is 2. The molecule has 35 heavy (non-hydrogen) atoms. The Bertz CT molecular complexity index is 1510. The van der Waals surface area contributed by atoms with Crippen LogP contribution in [0.15, 0.2) is 69.0 Å². The summed E-state index contributed by atoms with van der Waals surface area (Å²) in [5.41, 5.74) is 2.92. The van der Waals surface area contributed by atoms with Crippen molar-refractivity contribution in [3.8, 4) is 5.75 Å². The van der Waals surface area contributed by atoms with Crippen molar-refractivity contribution in [2.75, 3.05) is 11.9 Å². The van der Waals surface area contributed by atoms with Gasteiger partial charge in [-0.15, -0.1) is 0 Å². The lowest BCUT2D eigenvalue weighted by Crippen LogP contribution is -2.21. The molecule has 1 amide bonds. The average Bonchev–Trinajstić information content (AvgIpc) is 2.80. The van der Waals surface area contributed by atoms with Gasteiger partial charge in [0, 0.05) is 10.2 Å². The van der Waals surface area contributed by atoms with Crippen molar-refractivity contribution in [2.24, 2.45) is 5.10 Å². The van der Waals surface area contributed by atoms with E-state index in [-0.39, 0.29) is 18.1 Å². The number of nitrogens with one attached hydrogen (secondary N) is 1. The predicted octanol–water partition coefficient (Wildman–Crippen LogP) is 5.88. The molecule has 0 unspecified atom stereocenters. The summed E-state index contributed by atoms with van der Waals surface area (Å²) in [6, 6.07) is 16.7. The molecule has 0 aliphatic carbocycles. The Morgan fingerprint density at radius 1 is 1.14 bits per heavy atom. The molecule has 0 radical (unpaired) electrons. The van der Waals surface area contributed by atoms with Gasteiger partial charge in [-0.1, -0.05) is 34.1 Å². The van der Waals surface area contributed by atoms with Gasteiger partial charge in [0.2, 0.25) is 0 Å². The Balaban J connectivity index is 1.52. The molecule has 10 heteroatoms. The molecule has 4 rings (SSSR count). The van der Waals surface area contributed by atoms with E-state index in [9.17, 15) is 9.59 Å². The van der Waals surface area contributed by atoms with Crippen LogP contribution in [0.4, 0.5) is 5.69 Å². The number of anilines is 1. The highest BCUT2D eigenvalue weighted by atomic mass is 127. The molecule has 0 saturated carbocycles. The number of ether oxygens (including phenoxy) is 1. The maximum absolute atomic E-state index is 12.9. The molecule has 0 bridgehead atoms. The number of para-hydroxylation sites is 1. The topological polar surface area (TPSA) is 85.6 Å². The Hall–Kier alpha value is -2.32. The number of carbonyl (C=O) groups is 1. The molecule has 0 aliphatic rings. The van der Waals surface area contributed by atoms with E-state index < -0.39 is 0 Å². The second-order valence-electron chi connectivity index (χ2n) is 7.65. The van der Waals surface area contributed by atoms with Crippen LogP contribution in [0.25, 0.3) is 10.9 Å². The van der Waals surface area contributed by atoms with Gasteiger partial charge >= 0.3 is 0 Å². The highest BCUT2D eigenvalue weighted by Crippen LogP contribution is 2.28. The highest BCUT2D eigenvalue weighted by molar-refractivity contribution is 14.1. The molecule has 1 aromatic heterocycles. The minimum absolute atomic E-state index is 0.110. The first-order valence-electron chi connectivity index (χ1n) is 10.4. The average molecular weight is 757 g/mol. The highest BCUT2D eigenvalue weighted by Gasteiger charge is 2.12. The summed E-state index contributed by atoms with van der Waals surface area (Å²) in [6.45, 7) is 3.57. The second kappa shape index (κ2) is 11.2. The molecule has 1 N–H and O–H groups in total. The minimum Gasteiger partial charge on any atom is -0.482 e. The number of fused-ring (bicyclic) bond motifs is 1. The van der Waals surface area contributed by atoms with Crippen LogP contribution in [0.5, 0.6) is 5.75 Å². The number of nitrogens with zero attached hydrogens (tertiary/aromatic N) is 3. The Kier molecular flexibility index (Phi) is 8.22. The fraction of sp³-hybridized carbons (Fsp3) is 0.120. The van der Waals surface area contributed by atoms with Gasteiger partial charge in [-0.3, -0.25) is 9.59 Å². The molecule has 0 saturated heterocycles. The molecular weight excluding hydrogens is 738 g/mol. The van der Waals surface area contributed by atoms with Crippen LogP contribution in [0.2, 0.25) is 0 Å². The van der Waals surface area contributed by atoms with Crippen LogP contribution in [-0.4, -0.2) is 28.4 Å². The third kappa shape index (κ3) is 6.09. The number of benzene rings is 3. The molecule has 7 nitrogen and oxygen atoms in total. The van der Waals surface area contributed by atoms with Gasteiger partial charge in [0.05, 0.1) is 24.3 Å². The van der Waals surface area contributed by atoms with Gasteiger partial charge in [-0.05, 0) is 107 Å². The van der Waals surface area contributed by atoms with E-state index >= 15 is 0 Å². The van der Waals surface area contributed by atoms with E-state index in [1.165, 1.54) is 4.68 Å². The minimum atomic E-state index is -0.242. The third-order valence-corrected chi connectivity index (χ3v) is 7.18. The number of amides is 1. The molecule has 0 aliphatic heterocycles. The van der Waals surface area contributed by atoms with E-state index in [0.29, 0.717) is 22.5 Å². The fourth-order valence-corrected chi connectivity index (χ4v) is 5.84. The second-order valence-corrected chi connectivity index (χ2v) is 10.9. The molecule has 0 spiro atoms. The maximum atomic E-state index is 12.9. The van der Waals surface area contributed by atoms with Crippen LogP contribution in [0.1, 0.15) is 17.0 Å². The summed E-state index contributed by atoms with van der Waals surface area (Å²) < 4.78 is 9.55. The monoisotopic (exact) mass is 756 g/mol. The van der Waals surface area contributed by atoms with Crippen molar-refractivity contribution in [3.63, 3.8) is 0 Å². The van der Waals surface area contributed by atoms with Crippen LogP contribution < -0.4 is 15.6 Å². The van der Waals surface area contributed by atoms with Gasteiger partial charge in [-0.25, -0.2) is 4.98 Å². The normalized spacial score (nSPS) is 11.2. The number of rotatable bonds is 6. The van der Waals surface area contributed by atoms with E-state index in [1.54, 1.807) is 25.3 Å². The molecule has 0 fully saturated rings. The summed E-state index contributed by atoms with van der Waals surface area (Å²) in [6.07, 6.45) is 1.61. The number of hydrogen-bond donors (Lipinski definition) is 1. The first-order valence-corrected chi connectivity index (χ1v) is 13.4. The summed E-state index contributed by atoms with van der Waals surface area (Å²) in [5, 5.41) is 7.74. The lowest BCUT2D eigenvalue weighted by atomic mass is 10.2. The zero-order valence-corrected chi connectivity index (χ0v) is 24.6. The Morgan fingerprint density at radius 3 is 2.57 bits per heavy atom. The zero-order valence-electron chi connectivity index (χ0n) is 18.7. The molecular formula is C25H19BrI2N4O3. The van der Waals surface area contributed by atoms with Crippen molar-refractivity contribution in [3.05, 3.63) is 93.5 Å².